The molecule has 2 unspecified atom stereocenters. The molecule has 1 aromatic rings. The van der Waals surface area contributed by atoms with E-state index in [2.05, 4.69) is 16.9 Å². The Kier molecular flexibility index (Phi) is 3.70. The van der Waals surface area contributed by atoms with Crippen molar-refractivity contribution in [2.24, 2.45) is 11.8 Å². The lowest BCUT2D eigenvalue weighted by atomic mass is 10.2. The predicted molar refractivity (Wildman–Crippen MR) is 73.1 cm³/mol. The molecule has 1 aliphatic carbocycles. The molecule has 2 aliphatic rings. The van der Waals surface area contributed by atoms with E-state index in [1.165, 1.54) is 0 Å². The molecule has 2 heterocycles. The first-order valence-corrected chi connectivity index (χ1v) is 7.30. The SMILES string of the molecule is CC1CC1C(=O)N1CCN(c2nccc(C(F)(F)F)n2)CC1. The van der Waals surface area contributed by atoms with Crippen LogP contribution in [0.2, 0.25) is 0 Å². The summed E-state index contributed by atoms with van der Waals surface area (Å²) in [5.41, 5.74) is -0.942. The number of amides is 1. The number of carbonyl (C=O) groups is 1. The molecule has 0 aromatic carbocycles. The minimum atomic E-state index is -4.47. The molecule has 0 N–H and O–H groups in total. The van der Waals surface area contributed by atoms with Gasteiger partial charge in [-0.25, -0.2) is 9.97 Å². The molecule has 2 fully saturated rings. The van der Waals surface area contributed by atoms with Gasteiger partial charge < -0.3 is 9.80 Å². The average molecular weight is 314 g/mol. The summed E-state index contributed by atoms with van der Waals surface area (Å²) in [4.78, 5) is 23.1. The second-order valence-corrected chi connectivity index (χ2v) is 5.87. The maximum atomic E-state index is 12.7. The van der Waals surface area contributed by atoms with Crippen molar-refractivity contribution in [3.8, 4) is 0 Å². The molecular formula is C14H17F3N4O. The van der Waals surface area contributed by atoms with Gasteiger partial charge >= 0.3 is 6.18 Å². The van der Waals surface area contributed by atoms with Crippen LogP contribution in [0.3, 0.4) is 0 Å². The summed E-state index contributed by atoms with van der Waals surface area (Å²) >= 11 is 0. The molecule has 120 valence electrons. The van der Waals surface area contributed by atoms with Crippen LogP contribution in [-0.4, -0.2) is 47.0 Å². The second kappa shape index (κ2) is 5.40. The highest BCUT2D eigenvalue weighted by Gasteiger charge is 2.42. The van der Waals surface area contributed by atoms with Crippen molar-refractivity contribution in [2.75, 3.05) is 31.1 Å². The number of hydrogen-bond donors (Lipinski definition) is 0. The van der Waals surface area contributed by atoms with Gasteiger partial charge in [-0.15, -0.1) is 0 Å². The van der Waals surface area contributed by atoms with Gasteiger partial charge in [0.05, 0.1) is 0 Å². The fourth-order valence-electron chi connectivity index (χ4n) is 2.69. The lowest BCUT2D eigenvalue weighted by Gasteiger charge is -2.35. The molecule has 1 amide bonds. The third-order valence-electron chi connectivity index (χ3n) is 4.23. The molecule has 0 bridgehead atoms. The maximum Gasteiger partial charge on any atom is 0.433 e. The van der Waals surface area contributed by atoms with Crippen LogP contribution in [-0.2, 0) is 11.0 Å². The normalized spacial score (nSPS) is 25.3. The monoisotopic (exact) mass is 314 g/mol. The minimum absolute atomic E-state index is 0.0710. The Balaban J connectivity index is 1.63. The van der Waals surface area contributed by atoms with Gasteiger partial charge in [-0.05, 0) is 18.4 Å². The molecular weight excluding hydrogens is 297 g/mol. The highest BCUT2D eigenvalue weighted by molar-refractivity contribution is 5.81. The fourth-order valence-corrected chi connectivity index (χ4v) is 2.69. The van der Waals surface area contributed by atoms with Gasteiger partial charge in [0.1, 0.15) is 5.69 Å². The smallest absolute Gasteiger partial charge is 0.339 e. The highest BCUT2D eigenvalue weighted by atomic mass is 19.4. The molecule has 5 nitrogen and oxygen atoms in total. The van der Waals surface area contributed by atoms with E-state index in [4.69, 9.17) is 0 Å². The topological polar surface area (TPSA) is 49.3 Å². The zero-order valence-electron chi connectivity index (χ0n) is 12.2. The lowest BCUT2D eigenvalue weighted by Crippen LogP contribution is -2.50. The Morgan fingerprint density at radius 2 is 1.91 bits per heavy atom. The van der Waals surface area contributed by atoms with Crippen LogP contribution in [0.25, 0.3) is 0 Å². The molecule has 3 rings (SSSR count). The first-order chi connectivity index (χ1) is 10.4. The molecule has 0 spiro atoms. The number of hydrogen-bond acceptors (Lipinski definition) is 4. The Morgan fingerprint density at radius 3 is 2.45 bits per heavy atom. The van der Waals surface area contributed by atoms with Crippen LogP contribution >= 0.6 is 0 Å². The standard InChI is InChI=1S/C14H17F3N4O/c1-9-8-10(9)12(22)20-4-6-21(7-5-20)13-18-3-2-11(19-13)14(15,16)17/h2-3,9-10H,4-8H2,1H3. The third kappa shape index (κ3) is 3.00. The van der Waals surface area contributed by atoms with E-state index in [0.717, 1.165) is 18.7 Å². The van der Waals surface area contributed by atoms with Crippen LogP contribution in [0.15, 0.2) is 12.3 Å². The minimum Gasteiger partial charge on any atom is -0.339 e. The Bertz CT molecular complexity index is 569. The summed E-state index contributed by atoms with van der Waals surface area (Å²) in [5.74, 6) is 0.826. The Hall–Kier alpha value is -1.86. The van der Waals surface area contributed by atoms with E-state index in [9.17, 15) is 18.0 Å². The number of alkyl halides is 3. The molecule has 8 heteroatoms. The van der Waals surface area contributed by atoms with Crippen LogP contribution in [0.1, 0.15) is 19.0 Å². The van der Waals surface area contributed by atoms with Crippen molar-refractivity contribution in [3.63, 3.8) is 0 Å². The van der Waals surface area contributed by atoms with Gasteiger partial charge in [-0.2, -0.15) is 13.2 Å². The lowest BCUT2D eigenvalue weighted by molar-refractivity contribution is -0.141. The zero-order valence-corrected chi connectivity index (χ0v) is 12.2. The van der Waals surface area contributed by atoms with Gasteiger partial charge in [-0.1, -0.05) is 6.92 Å². The fraction of sp³-hybridized carbons (Fsp3) is 0.643. The summed E-state index contributed by atoms with van der Waals surface area (Å²) < 4.78 is 38.0. The van der Waals surface area contributed by atoms with Crippen molar-refractivity contribution in [3.05, 3.63) is 18.0 Å². The number of rotatable bonds is 2. The van der Waals surface area contributed by atoms with E-state index in [0.29, 0.717) is 32.1 Å². The number of halogens is 3. The molecule has 1 saturated carbocycles. The van der Waals surface area contributed by atoms with E-state index < -0.39 is 11.9 Å². The molecule has 1 aliphatic heterocycles. The Labute approximate surface area is 126 Å². The summed E-state index contributed by atoms with van der Waals surface area (Å²) in [5, 5.41) is 0. The quantitative estimate of drug-likeness (QED) is 0.835. The molecule has 2 atom stereocenters. The van der Waals surface area contributed by atoms with Crippen LogP contribution in [0.5, 0.6) is 0 Å². The summed E-state index contributed by atoms with van der Waals surface area (Å²) in [7, 11) is 0. The van der Waals surface area contributed by atoms with Gasteiger partial charge in [0.15, 0.2) is 0 Å². The van der Waals surface area contributed by atoms with Crippen LogP contribution < -0.4 is 4.90 Å². The molecule has 22 heavy (non-hydrogen) atoms. The number of piperazine rings is 1. The summed E-state index contributed by atoms with van der Waals surface area (Å²) in [6, 6.07) is 0.859. The van der Waals surface area contributed by atoms with Crippen molar-refractivity contribution in [2.45, 2.75) is 19.5 Å². The first kappa shape index (κ1) is 15.1. The second-order valence-electron chi connectivity index (χ2n) is 5.87. The van der Waals surface area contributed by atoms with E-state index >= 15 is 0 Å². The number of anilines is 1. The van der Waals surface area contributed by atoms with Crippen molar-refractivity contribution >= 4 is 11.9 Å². The molecule has 0 radical (unpaired) electrons. The number of nitrogens with zero attached hydrogens (tertiary/aromatic N) is 4. The third-order valence-corrected chi connectivity index (χ3v) is 4.23. The predicted octanol–water partition coefficient (Wildman–Crippen LogP) is 1.80. The maximum absolute atomic E-state index is 12.7. The number of carbonyl (C=O) groups excluding carboxylic acids is 1. The van der Waals surface area contributed by atoms with Gasteiger partial charge in [0, 0.05) is 38.3 Å². The van der Waals surface area contributed by atoms with Gasteiger partial charge in [0.2, 0.25) is 11.9 Å². The largest absolute Gasteiger partial charge is 0.433 e. The van der Waals surface area contributed by atoms with Gasteiger partial charge in [0.25, 0.3) is 0 Å². The molecule has 1 aromatic heterocycles. The summed E-state index contributed by atoms with van der Waals surface area (Å²) in [6.45, 7) is 3.96. The van der Waals surface area contributed by atoms with Crippen LogP contribution in [0.4, 0.5) is 19.1 Å². The van der Waals surface area contributed by atoms with Crippen LogP contribution in [0, 0.1) is 11.8 Å². The Morgan fingerprint density at radius 1 is 1.27 bits per heavy atom. The summed E-state index contributed by atoms with van der Waals surface area (Å²) in [6.07, 6.45) is -2.41. The van der Waals surface area contributed by atoms with Gasteiger partial charge in [-0.3, -0.25) is 4.79 Å². The van der Waals surface area contributed by atoms with Crippen molar-refractivity contribution < 1.29 is 18.0 Å². The first-order valence-electron chi connectivity index (χ1n) is 7.30. The van der Waals surface area contributed by atoms with E-state index in [-0.39, 0.29) is 17.8 Å². The molecule has 1 saturated heterocycles. The van der Waals surface area contributed by atoms with Crippen molar-refractivity contribution in [1.29, 1.82) is 0 Å². The average Bonchev–Trinajstić information content (AvgIpc) is 3.23. The highest BCUT2D eigenvalue weighted by Crippen LogP contribution is 2.39. The van der Waals surface area contributed by atoms with E-state index in [1.54, 1.807) is 9.80 Å². The number of aromatic nitrogens is 2. The van der Waals surface area contributed by atoms with E-state index in [1.807, 2.05) is 0 Å². The zero-order chi connectivity index (χ0) is 15.9. The van der Waals surface area contributed by atoms with Crippen molar-refractivity contribution in [1.82, 2.24) is 14.9 Å².